The normalized spacial score (nSPS) is 17.5. The lowest BCUT2D eigenvalue weighted by Crippen LogP contribution is -2.43. The molecule has 0 N–H and O–H groups in total. The number of nitrogens with zero attached hydrogens (tertiary/aromatic N) is 4. The summed E-state index contributed by atoms with van der Waals surface area (Å²) in [4.78, 5) is 163. The standard InChI is InChI=1S/C32H38N4O20/c37-20-1-2-21(38)33(20)53-28(45)9-12-49-16-32(19-52-15-31(48)56-36-26(43)7-8-27(36)44,17-50-13-10-29(46)54-34-22(39)3-4-23(34)40)18-51-14-11-30(47)55-35-24(41)5-6-25(35)42/h1-19H2. The number of carbonyl (C=O) groups excluding carboxylic acids is 12. The Morgan fingerprint density at radius 1 is 0.375 bits per heavy atom. The van der Waals surface area contributed by atoms with Gasteiger partial charge in [0.05, 0.1) is 70.9 Å². The molecule has 0 atom stereocenters. The first-order valence-electron chi connectivity index (χ1n) is 17.3. The molecule has 4 rings (SSSR count). The van der Waals surface area contributed by atoms with E-state index in [9.17, 15) is 57.5 Å². The first-order chi connectivity index (χ1) is 26.7. The van der Waals surface area contributed by atoms with Gasteiger partial charge in [-0.2, -0.15) is 0 Å². The van der Waals surface area contributed by atoms with E-state index >= 15 is 0 Å². The molecule has 4 heterocycles. The van der Waals surface area contributed by atoms with Gasteiger partial charge in [0.25, 0.3) is 47.3 Å². The highest BCUT2D eigenvalue weighted by molar-refractivity contribution is 6.03. The zero-order valence-electron chi connectivity index (χ0n) is 29.9. The number of imide groups is 4. The maximum absolute atomic E-state index is 12.4. The molecule has 0 radical (unpaired) electrons. The van der Waals surface area contributed by atoms with E-state index in [4.69, 9.17) is 38.3 Å². The van der Waals surface area contributed by atoms with Crippen LogP contribution in [0.5, 0.6) is 0 Å². The number of ether oxygens (including phenoxy) is 4. The van der Waals surface area contributed by atoms with Gasteiger partial charge in [0.1, 0.15) is 6.61 Å². The van der Waals surface area contributed by atoms with Gasteiger partial charge in [-0.1, -0.05) is 0 Å². The molecule has 0 aromatic rings. The number of hydroxylamine groups is 8. The van der Waals surface area contributed by atoms with E-state index in [2.05, 4.69) is 0 Å². The van der Waals surface area contributed by atoms with Gasteiger partial charge < -0.3 is 38.3 Å². The first kappa shape index (κ1) is 43.0. The summed E-state index contributed by atoms with van der Waals surface area (Å²) in [7, 11) is 0. The van der Waals surface area contributed by atoms with E-state index in [1.54, 1.807) is 0 Å². The lowest BCUT2D eigenvalue weighted by molar-refractivity contribution is -0.202. The molecule has 8 amide bonds. The van der Waals surface area contributed by atoms with Gasteiger partial charge >= 0.3 is 23.9 Å². The third kappa shape index (κ3) is 12.4. The average Bonchev–Trinajstić information content (AvgIpc) is 3.86. The summed E-state index contributed by atoms with van der Waals surface area (Å²) < 4.78 is 22.5. The topological polar surface area (TPSA) is 292 Å². The Morgan fingerprint density at radius 3 is 0.875 bits per heavy atom. The molecule has 0 aliphatic carbocycles. The van der Waals surface area contributed by atoms with E-state index in [1.165, 1.54) is 0 Å². The molecule has 4 fully saturated rings. The molecule has 24 heteroatoms. The Kier molecular flexibility index (Phi) is 15.6. The maximum atomic E-state index is 12.4. The van der Waals surface area contributed by atoms with Gasteiger partial charge in [0.15, 0.2) is 0 Å². The van der Waals surface area contributed by atoms with E-state index < -0.39 is 129 Å². The van der Waals surface area contributed by atoms with Gasteiger partial charge in [-0.15, -0.1) is 20.3 Å². The number of carbonyl (C=O) groups is 12. The molecule has 0 unspecified atom stereocenters. The Bertz CT molecular complexity index is 1420. The molecule has 4 aliphatic rings. The molecular formula is C32H38N4O20. The molecule has 4 aliphatic heterocycles. The van der Waals surface area contributed by atoms with Crippen molar-refractivity contribution >= 4 is 71.1 Å². The van der Waals surface area contributed by atoms with Crippen molar-refractivity contribution in [2.24, 2.45) is 5.41 Å². The Hall–Kier alpha value is -5.72. The van der Waals surface area contributed by atoms with Crippen LogP contribution in [0.25, 0.3) is 0 Å². The SMILES string of the molecule is O=C(CCOCC(COCCC(=O)ON1C(=O)CCC1=O)(COCCC(=O)ON1C(=O)CCC1=O)COCC(=O)ON1C(=O)CCC1=O)ON1C(=O)CCC1=O. The van der Waals surface area contributed by atoms with E-state index in [-0.39, 0.29) is 71.2 Å². The molecule has 0 bridgehead atoms. The highest BCUT2D eigenvalue weighted by Crippen LogP contribution is 2.23. The number of amides is 8. The second kappa shape index (κ2) is 20.3. The van der Waals surface area contributed by atoms with Crippen molar-refractivity contribution in [2.45, 2.75) is 70.6 Å². The summed E-state index contributed by atoms with van der Waals surface area (Å²) in [6.07, 6.45) is -2.43. The summed E-state index contributed by atoms with van der Waals surface area (Å²) in [5.74, 6) is -9.76. The Morgan fingerprint density at radius 2 is 0.607 bits per heavy atom. The predicted molar refractivity (Wildman–Crippen MR) is 168 cm³/mol. The van der Waals surface area contributed by atoms with Crippen molar-refractivity contribution in [3.8, 4) is 0 Å². The lowest BCUT2D eigenvalue weighted by atomic mass is 9.92. The molecule has 0 spiro atoms. The molecule has 0 aromatic carbocycles. The third-order valence-electron chi connectivity index (χ3n) is 8.00. The highest BCUT2D eigenvalue weighted by Gasteiger charge is 2.38. The monoisotopic (exact) mass is 798 g/mol. The van der Waals surface area contributed by atoms with Crippen LogP contribution in [-0.2, 0) is 95.8 Å². The molecular weight excluding hydrogens is 760 g/mol. The minimum absolute atomic E-state index is 0.123. The van der Waals surface area contributed by atoms with Crippen LogP contribution in [0.2, 0.25) is 0 Å². The van der Waals surface area contributed by atoms with Crippen molar-refractivity contribution in [2.75, 3.05) is 52.9 Å². The van der Waals surface area contributed by atoms with Crippen LogP contribution in [0, 0.1) is 5.41 Å². The van der Waals surface area contributed by atoms with Crippen LogP contribution in [0.4, 0.5) is 0 Å². The van der Waals surface area contributed by atoms with Gasteiger partial charge in [-0.05, 0) is 0 Å². The fourth-order valence-corrected chi connectivity index (χ4v) is 5.14. The van der Waals surface area contributed by atoms with Crippen LogP contribution in [0.3, 0.4) is 0 Å². The molecule has 0 saturated carbocycles. The van der Waals surface area contributed by atoms with Crippen LogP contribution < -0.4 is 0 Å². The minimum Gasteiger partial charge on any atom is -0.380 e. The Balaban J connectivity index is 1.39. The van der Waals surface area contributed by atoms with E-state index in [1.807, 2.05) is 0 Å². The zero-order valence-corrected chi connectivity index (χ0v) is 29.9. The largest absolute Gasteiger partial charge is 0.380 e. The zero-order chi connectivity index (χ0) is 40.8. The number of rotatable bonds is 23. The molecule has 56 heavy (non-hydrogen) atoms. The molecule has 0 aromatic heterocycles. The molecule has 4 saturated heterocycles. The quantitative estimate of drug-likeness (QED) is 0.0771. The second-order valence-electron chi connectivity index (χ2n) is 12.6. The van der Waals surface area contributed by atoms with Crippen molar-refractivity contribution in [1.29, 1.82) is 0 Å². The predicted octanol–water partition coefficient (Wildman–Crippen LogP) is -2.36. The van der Waals surface area contributed by atoms with Crippen LogP contribution in [0.1, 0.15) is 70.6 Å². The van der Waals surface area contributed by atoms with Gasteiger partial charge in [0.2, 0.25) is 0 Å². The van der Waals surface area contributed by atoms with Crippen molar-refractivity contribution in [3.63, 3.8) is 0 Å². The summed E-state index contributed by atoms with van der Waals surface area (Å²) in [5.41, 5.74) is -1.46. The summed E-state index contributed by atoms with van der Waals surface area (Å²) in [6.45, 7) is -3.61. The highest BCUT2D eigenvalue weighted by atomic mass is 16.7. The molecule has 24 nitrogen and oxygen atoms in total. The van der Waals surface area contributed by atoms with Gasteiger partial charge in [0, 0.05) is 51.4 Å². The van der Waals surface area contributed by atoms with Crippen LogP contribution in [0.15, 0.2) is 0 Å². The van der Waals surface area contributed by atoms with Gasteiger partial charge in [-0.25, -0.2) is 19.2 Å². The second-order valence-corrected chi connectivity index (χ2v) is 12.6. The minimum atomic E-state index is -1.46. The number of hydrogen-bond donors (Lipinski definition) is 0. The summed E-state index contributed by atoms with van der Waals surface area (Å²) in [6, 6.07) is 0. The van der Waals surface area contributed by atoms with Gasteiger partial charge in [-0.3, -0.25) is 38.4 Å². The van der Waals surface area contributed by atoms with Crippen molar-refractivity contribution < 1.29 is 95.8 Å². The van der Waals surface area contributed by atoms with Crippen LogP contribution >= 0.6 is 0 Å². The molecule has 306 valence electrons. The lowest BCUT2D eigenvalue weighted by Gasteiger charge is -2.33. The van der Waals surface area contributed by atoms with Crippen LogP contribution in [-0.4, -0.2) is 144 Å². The Labute approximate surface area is 316 Å². The average molecular weight is 799 g/mol. The maximum Gasteiger partial charge on any atom is 0.358 e. The van der Waals surface area contributed by atoms with E-state index in [0.717, 1.165) is 0 Å². The van der Waals surface area contributed by atoms with E-state index in [0.29, 0.717) is 20.3 Å². The van der Waals surface area contributed by atoms with Crippen molar-refractivity contribution in [1.82, 2.24) is 20.3 Å². The van der Waals surface area contributed by atoms with Crippen molar-refractivity contribution in [3.05, 3.63) is 0 Å². The first-order valence-corrected chi connectivity index (χ1v) is 17.3. The number of hydrogen-bond acceptors (Lipinski definition) is 20. The third-order valence-corrected chi connectivity index (χ3v) is 8.00. The fourth-order valence-electron chi connectivity index (χ4n) is 5.14. The fraction of sp³-hybridized carbons (Fsp3) is 0.625. The smallest absolute Gasteiger partial charge is 0.358 e. The summed E-state index contributed by atoms with van der Waals surface area (Å²) >= 11 is 0. The summed E-state index contributed by atoms with van der Waals surface area (Å²) in [5, 5.41) is 1.37.